The lowest BCUT2D eigenvalue weighted by molar-refractivity contribution is -0.130. The normalized spacial score (nSPS) is 22.4. The minimum absolute atomic E-state index is 0.0388. The summed E-state index contributed by atoms with van der Waals surface area (Å²) in [6.07, 6.45) is 3.11. The number of amides is 2. The van der Waals surface area contributed by atoms with Gasteiger partial charge in [-0.3, -0.25) is 14.5 Å². The Hall–Kier alpha value is -1.73. The molecule has 6 nitrogen and oxygen atoms in total. The largest absolute Gasteiger partial charge is 0.351 e. The Morgan fingerprint density at radius 3 is 3.08 bits per heavy atom. The van der Waals surface area contributed by atoms with Crippen LogP contribution in [0.1, 0.15) is 30.6 Å². The number of hydrogen-bond donors (Lipinski definition) is 1. The van der Waals surface area contributed by atoms with Gasteiger partial charge in [0, 0.05) is 44.4 Å². The van der Waals surface area contributed by atoms with E-state index in [4.69, 9.17) is 0 Å². The van der Waals surface area contributed by atoms with Gasteiger partial charge in [0.15, 0.2) is 0 Å². The second-order valence-electron chi connectivity index (χ2n) is 6.50. The quantitative estimate of drug-likeness (QED) is 0.881. The van der Waals surface area contributed by atoms with Gasteiger partial charge in [-0.1, -0.05) is 6.07 Å². The molecule has 1 saturated heterocycles. The number of carbonyl (C=O) groups excluding carboxylic acids is 2. The van der Waals surface area contributed by atoms with Gasteiger partial charge in [-0.25, -0.2) is 5.01 Å². The average Bonchev–Trinajstić information content (AvgIpc) is 3.08. The summed E-state index contributed by atoms with van der Waals surface area (Å²) in [5.41, 5.74) is 0.461. The van der Waals surface area contributed by atoms with Crippen molar-refractivity contribution in [2.75, 3.05) is 26.7 Å². The molecule has 0 radical (unpaired) electrons. The molecule has 24 heavy (non-hydrogen) atoms. The van der Waals surface area contributed by atoms with E-state index in [1.54, 1.807) is 18.4 Å². The molecule has 2 aliphatic heterocycles. The van der Waals surface area contributed by atoms with E-state index in [1.807, 2.05) is 0 Å². The Balaban J connectivity index is 1.46. The van der Waals surface area contributed by atoms with Gasteiger partial charge in [0.25, 0.3) is 5.91 Å². The van der Waals surface area contributed by atoms with Crippen LogP contribution in [0, 0.1) is 5.92 Å². The number of likely N-dealkylation sites (tertiary alicyclic amines) is 1. The SMILES string of the molecule is CN1N=C(C(=O)NCC2CCCN(Cc3cccs3)C2)CCC1=O. The molecule has 1 aromatic heterocycles. The van der Waals surface area contributed by atoms with Gasteiger partial charge in [0.1, 0.15) is 5.71 Å². The zero-order valence-electron chi connectivity index (χ0n) is 14.0. The molecule has 2 aliphatic rings. The monoisotopic (exact) mass is 348 g/mol. The standard InChI is InChI=1S/C17H24N4O2S/c1-20-16(22)7-6-15(19-20)17(23)18-10-13-4-2-8-21(11-13)12-14-5-3-9-24-14/h3,5,9,13H,2,4,6-8,10-12H2,1H3,(H,18,23). The van der Waals surface area contributed by atoms with Crippen LogP contribution < -0.4 is 5.32 Å². The predicted octanol–water partition coefficient (Wildman–Crippen LogP) is 1.68. The van der Waals surface area contributed by atoms with Crippen LogP contribution in [0.4, 0.5) is 0 Å². The first kappa shape index (κ1) is 17.1. The fourth-order valence-corrected chi connectivity index (χ4v) is 4.00. The molecule has 1 atom stereocenters. The lowest BCUT2D eigenvalue weighted by Crippen LogP contribution is -2.43. The number of carbonyl (C=O) groups is 2. The molecule has 1 aromatic rings. The van der Waals surface area contributed by atoms with Crippen molar-refractivity contribution < 1.29 is 9.59 Å². The highest BCUT2D eigenvalue weighted by molar-refractivity contribution is 7.09. The van der Waals surface area contributed by atoms with Crippen molar-refractivity contribution in [3.05, 3.63) is 22.4 Å². The molecular formula is C17H24N4O2S. The maximum atomic E-state index is 12.2. The molecule has 0 bridgehead atoms. The summed E-state index contributed by atoms with van der Waals surface area (Å²) in [7, 11) is 1.60. The second kappa shape index (κ2) is 7.90. The lowest BCUT2D eigenvalue weighted by atomic mass is 9.97. The van der Waals surface area contributed by atoms with E-state index in [9.17, 15) is 9.59 Å². The minimum atomic E-state index is -0.135. The maximum absolute atomic E-state index is 12.2. The summed E-state index contributed by atoms with van der Waals surface area (Å²) < 4.78 is 0. The van der Waals surface area contributed by atoms with Crippen molar-refractivity contribution in [3.63, 3.8) is 0 Å². The van der Waals surface area contributed by atoms with Crippen molar-refractivity contribution in [2.45, 2.75) is 32.2 Å². The molecule has 7 heteroatoms. The number of piperidine rings is 1. The molecule has 3 rings (SSSR count). The van der Waals surface area contributed by atoms with Crippen molar-refractivity contribution >= 4 is 28.9 Å². The Bertz CT molecular complexity index is 614. The van der Waals surface area contributed by atoms with Crippen LogP contribution in [0.5, 0.6) is 0 Å². The van der Waals surface area contributed by atoms with E-state index in [1.165, 1.54) is 16.3 Å². The molecule has 0 saturated carbocycles. The molecule has 1 fully saturated rings. The molecule has 0 aromatic carbocycles. The Labute approximate surface area is 146 Å². The van der Waals surface area contributed by atoms with Gasteiger partial charge in [-0.2, -0.15) is 5.10 Å². The van der Waals surface area contributed by atoms with E-state index < -0.39 is 0 Å². The van der Waals surface area contributed by atoms with Crippen molar-refractivity contribution in [1.82, 2.24) is 15.2 Å². The Kier molecular flexibility index (Phi) is 5.63. The van der Waals surface area contributed by atoms with E-state index in [0.29, 0.717) is 31.0 Å². The van der Waals surface area contributed by atoms with Gasteiger partial charge in [-0.15, -0.1) is 11.3 Å². The van der Waals surface area contributed by atoms with Gasteiger partial charge in [0.2, 0.25) is 5.91 Å². The van der Waals surface area contributed by atoms with Crippen LogP contribution in [0.3, 0.4) is 0 Å². The molecule has 0 aliphatic carbocycles. The average molecular weight is 348 g/mol. The first-order valence-electron chi connectivity index (χ1n) is 8.49. The van der Waals surface area contributed by atoms with Gasteiger partial charge in [-0.05, 0) is 36.8 Å². The van der Waals surface area contributed by atoms with Crippen LogP contribution >= 0.6 is 11.3 Å². The second-order valence-corrected chi connectivity index (χ2v) is 7.53. The number of rotatable bonds is 5. The first-order valence-corrected chi connectivity index (χ1v) is 9.37. The minimum Gasteiger partial charge on any atom is -0.351 e. The summed E-state index contributed by atoms with van der Waals surface area (Å²) in [4.78, 5) is 27.5. The molecular weight excluding hydrogens is 324 g/mol. The first-order chi connectivity index (χ1) is 11.6. The highest BCUT2D eigenvalue weighted by Crippen LogP contribution is 2.20. The molecule has 1 unspecified atom stereocenters. The fourth-order valence-electron chi connectivity index (χ4n) is 3.26. The van der Waals surface area contributed by atoms with Crippen LogP contribution in [-0.2, 0) is 16.1 Å². The van der Waals surface area contributed by atoms with Crippen LogP contribution in [-0.4, -0.2) is 54.1 Å². The smallest absolute Gasteiger partial charge is 0.267 e. The lowest BCUT2D eigenvalue weighted by Gasteiger charge is -2.32. The number of nitrogens with one attached hydrogen (secondary N) is 1. The molecule has 0 spiro atoms. The van der Waals surface area contributed by atoms with Crippen LogP contribution in [0.25, 0.3) is 0 Å². The van der Waals surface area contributed by atoms with Gasteiger partial charge in [0.05, 0.1) is 0 Å². The Morgan fingerprint density at radius 2 is 2.33 bits per heavy atom. The summed E-state index contributed by atoms with van der Waals surface area (Å²) >= 11 is 1.80. The summed E-state index contributed by atoms with van der Waals surface area (Å²) in [5, 5.41) is 10.5. The Morgan fingerprint density at radius 1 is 1.46 bits per heavy atom. The molecule has 1 N–H and O–H groups in total. The zero-order valence-corrected chi connectivity index (χ0v) is 14.8. The number of hydrogen-bond acceptors (Lipinski definition) is 5. The molecule has 2 amide bonds. The topological polar surface area (TPSA) is 65.0 Å². The van der Waals surface area contributed by atoms with E-state index in [-0.39, 0.29) is 11.8 Å². The van der Waals surface area contributed by atoms with E-state index in [0.717, 1.165) is 26.1 Å². The van der Waals surface area contributed by atoms with Gasteiger partial charge >= 0.3 is 0 Å². The summed E-state index contributed by atoms with van der Waals surface area (Å²) in [6, 6.07) is 4.27. The van der Waals surface area contributed by atoms with E-state index in [2.05, 4.69) is 32.8 Å². The highest BCUT2D eigenvalue weighted by Gasteiger charge is 2.24. The zero-order chi connectivity index (χ0) is 16.9. The number of nitrogens with zero attached hydrogens (tertiary/aromatic N) is 3. The van der Waals surface area contributed by atoms with Crippen molar-refractivity contribution in [1.29, 1.82) is 0 Å². The molecule has 130 valence electrons. The summed E-state index contributed by atoms with van der Waals surface area (Å²) in [6.45, 7) is 3.82. The maximum Gasteiger partial charge on any atom is 0.267 e. The summed E-state index contributed by atoms with van der Waals surface area (Å²) in [5.74, 6) is 0.305. The van der Waals surface area contributed by atoms with E-state index >= 15 is 0 Å². The van der Waals surface area contributed by atoms with Crippen molar-refractivity contribution in [2.24, 2.45) is 11.0 Å². The van der Waals surface area contributed by atoms with Crippen LogP contribution in [0.15, 0.2) is 22.6 Å². The van der Waals surface area contributed by atoms with Gasteiger partial charge < -0.3 is 5.32 Å². The van der Waals surface area contributed by atoms with Crippen LogP contribution in [0.2, 0.25) is 0 Å². The third-order valence-corrected chi connectivity index (χ3v) is 5.44. The molecule has 3 heterocycles. The number of thiophene rings is 1. The number of hydrazone groups is 1. The third-order valence-electron chi connectivity index (χ3n) is 4.58. The predicted molar refractivity (Wildman–Crippen MR) is 94.8 cm³/mol. The van der Waals surface area contributed by atoms with Crippen molar-refractivity contribution in [3.8, 4) is 0 Å². The fraction of sp³-hybridized carbons (Fsp3) is 0.588. The highest BCUT2D eigenvalue weighted by atomic mass is 32.1. The third kappa shape index (κ3) is 4.42.